The van der Waals surface area contributed by atoms with Crippen LogP contribution in [0.15, 0.2) is 48.5 Å². The molecule has 2 aromatic rings. The summed E-state index contributed by atoms with van der Waals surface area (Å²) in [5.41, 5.74) is 8.23. The van der Waals surface area contributed by atoms with Crippen molar-refractivity contribution in [2.75, 3.05) is 18.2 Å². The molecule has 5 nitrogen and oxygen atoms in total. The van der Waals surface area contributed by atoms with Crippen LogP contribution in [-0.2, 0) is 16.0 Å². The lowest BCUT2D eigenvalue weighted by Crippen LogP contribution is -2.15. The van der Waals surface area contributed by atoms with Crippen molar-refractivity contribution in [1.82, 2.24) is 0 Å². The summed E-state index contributed by atoms with van der Waals surface area (Å²) < 4.78 is 4.70. The number of hydrogen-bond donors (Lipinski definition) is 2. The molecule has 2 rings (SSSR count). The molecule has 22 heavy (non-hydrogen) atoms. The second-order valence-corrected chi connectivity index (χ2v) is 4.78. The van der Waals surface area contributed by atoms with Gasteiger partial charge in [0.25, 0.3) is 0 Å². The highest BCUT2D eigenvalue weighted by atomic mass is 16.5. The van der Waals surface area contributed by atoms with Crippen LogP contribution in [0, 0.1) is 0 Å². The molecule has 0 fully saturated rings. The monoisotopic (exact) mass is 298 g/mol. The van der Waals surface area contributed by atoms with Gasteiger partial charge >= 0.3 is 5.97 Å². The number of carbonyl (C=O) groups is 2. The Labute approximate surface area is 129 Å². The normalized spacial score (nSPS) is 10.0. The first-order valence-corrected chi connectivity index (χ1v) is 6.92. The number of methoxy groups -OCH3 is 1. The average Bonchev–Trinajstić information content (AvgIpc) is 2.54. The maximum atomic E-state index is 12.1. The van der Waals surface area contributed by atoms with Crippen LogP contribution in [-0.4, -0.2) is 19.0 Å². The third-order valence-corrected chi connectivity index (χ3v) is 3.28. The Kier molecular flexibility index (Phi) is 5.14. The van der Waals surface area contributed by atoms with E-state index in [0.717, 1.165) is 5.56 Å². The maximum absolute atomic E-state index is 12.1. The fourth-order valence-electron chi connectivity index (χ4n) is 2.10. The Morgan fingerprint density at radius 2 is 1.77 bits per heavy atom. The van der Waals surface area contributed by atoms with Gasteiger partial charge in [-0.1, -0.05) is 30.3 Å². The number of aryl methyl sites for hydroxylation is 1. The van der Waals surface area contributed by atoms with Crippen molar-refractivity contribution >= 4 is 23.3 Å². The summed E-state index contributed by atoms with van der Waals surface area (Å²) in [7, 11) is 1.30. The number of para-hydroxylation sites is 2. The third-order valence-electron chi connectivity index (χ3n) is 3.28. The number of amides is 1. The summed E-state index contributed by atoms with van der Waals surface area (Å²) in [6.07, 6.45) is 0.822. The van der Waals surface area contributed by atoms with Crippen molar-refractivity contribution < 1.29 is 14.3 Å². The van der Waals surface area contributed by atoms with Crippen molar-refractivity contribution in [3.8, 4) is 0 Å². The molecule has 0 atom stereocenters. The summed E-state index contributed by atoms with van der Waals surface area (Å²) in [5.74, 6) is -0.664. The molecule has 0 saturated heterocycles. The zero-order valence-corrected chi connectivity index (χ0v) is 12.3. The molecule has 0 bridgehead atoms. The van der Waals surface area contributed by atoms with Gasteiger partial charge in [0.15, 0.2) is 0 Å². The van der Waals surface area contributed by atoms with Crippen LogP contribution in [0.25, 0.3) is 0 Å². The Morgan fingerprint density at radius 1 is 1.09 bits per heavy atom. The van der Waals surface area contributed by atoms with Crippen molar-refractivity contribution in [1.29, 1.82) is 0 Å². The highest BCUT2D eigenvalue weighted by Crippen LogP contribution is 2.17. The van der Waals surface area contributed by atoms with Crippen LogP contribution >= 0.6 is 0 Å². The van der Waals surface area contributed by atoms with E-state index in [4.69, 9.17) is 10.5 Å². The number of benzene rings is 2. The minimum atomic E-state index is -0.483. The molecule has 0 aliphatic heterocycles. The van der Waals surface area contributed by atoms with Gasteiger partial charge in [0.05, 0.1) is 18.4 Å². The smallest absolute Gasteiger partial charge is 0.339 e. The molecule has 0 aliphatic carbocycles. The standard InChI is InChI=1S/C17H18N2O3/c1-22-17(21)13-7-3-5-9-15(13)19-16(20)11-10-12-6-2-4-8-14(12)18/h2-9H,10-11,18H2,1H3,(H,19,20). The summed E-state index contributed by atoms with van der Waals surface area (Å²) in [4.78, 5) is 23.7. The van der Waals surface area contributed by atoms with Crippen molar-refractivity contribution in [3.63, 3.8) is 0 Å². The van der Waals surface area contributed by atoms with Crippen LogP contribution in [0.1, 0.15) is 22.3 Å². The lowest BCUT2D eigenvalue weighted by Gasteiger charge is -2.10. The van der Waals surface area contributed by atoms with Gasteiger partial charge in [0.1, 0.15) is 0 Å². The Morgan fingerprint density at radius 3 is 2.50 bits per heavy atom. The van der Waals surface area contributed by atoms with E-state index in [2.05, 4.69) is 5.32 Å². The van der Waals surface area contributed by atoms with Gasteiger partial charge in [0, 0.05) is 12.1 Å². The summed E-state index contributed by atoms with van der Waals surface area (Å²) in [5, 5.41) is 2.73. The molecule has 5 heteroatoms. The van der Waals surface area contributed by atoms with Crippen LogP contribution < -0.4 is 11.1 Å². The summed E-state index contributed by atoms with van der Waals surface area (Å²) >= 11 is 0. The molecular weight excluding hydrogens is 280 g/mol. The minimum absolute atomic E-state index is 0.181. The van der Waals surface area contributed by atoms with Crippen LogP contribution in [0.4, 0.5) is 11.4 Å². The van der Waals surface area contributed by atoms with Gasteiger partial charge in [-0.25, -0.2) is 4.79 Å². The number of nitrogen functional groups attached to an aromatic ring is 1. The Bertz CT molecular complexity index is 683. The molecule has 1 amide bonds. The lowest BCUT2D eigenvalue weighted by atomic mass is 10.1. The average molecular weight is 298 g/mol. The van der Waals surface area contributed by atoms with Gasteiger partial charge in [0.2, 0.25) is 5.91 Å². The van der Waals surface area contributed by atoms with E-state index in [0.29, 0.717) is 23.4 Å². The van der Waals surface area contributed by atoms with Crippen LogP contribution in [0.2, 0.25) is 0 Å². The Hall–Kier alpha value is -2.82. The summed E-state index contributed by atoms with van der Waals surface area (Å²) in [6.45, 7) is 0. The molecule has 0 heterocycles. The number of nitrogens with two attached hydrogens (primary N) is 1. The Balaban J connectivity index is 2.01. The molecule has 0 saturated carbocycles. The van der Waals surface area contributed by atoms with Crippen LogP contribution in [0.5, 0.6) is 0 Å². The molecule has 114 valence electrons. The van der Waals surface area contributed by atoms with E-state index in [9.17, 15) is 9.59 Å². The fourth-order valence-corrected chi connectivity index (χ4v) is 2.10. The van der Waals surface area contributed by atoms with E-state index < -0.39 is 5.97 Å². The number of nitrogens with one attached hydrogen (secondary N) is 1. The van der Waals surface area contributed by atoms with Crippen LogP contribution in [0.3, 0.4) is 0 Å². The van der Waals surface area contributed by atoms with Crippen molar-refractivity contribution in [2.45, 2.75) is 12.8 Å². The fraction of sp³-hybridized carbons (Fsp3) is 0.176. The van der Waals surface area contributed by atoms with Crippen molar-refractivity contribution in [2.24, 2.45) is 0 Å². The number of carbonyl (C=O) groups excluding carboxylic acids is 2. The number of ether oxygens (including phenoxy) is 1. The topological polar surface area (TPSA) is 81.4 Å². The number of anilines is 2. The van der Waals surface area contributed by atoms with E-state index >= 15 is 0 Å². The second-order valence-electron chi connectivity index (χ2n) is 4.78. The van der Waals surface area contributed by atoms with Gasteiger partial charge < -0.3 is 15.8 Å². The quantitative estimate of drug-likeness (QED) is 0.656. The van der Waals surface area contributed by atoms with E-state index in [1.807, 2.05) is 18.2 Å². The largest absolute Gasteiger partial charge is 0.465 e. The third kappa shape index (κ3) is 3.85. The zero-order valence-electron chi connectivity index (χ0n) is 12.3. The number of rotatable bonds is 5. The minimum Gasteiger partial charge on any atom is -0.465 e. The molecule has 0 unspecified atom stereocenters. The second kappa shape index (κ2) is 7.26. The molecule has 2 aromatic carbocycles. The molecule has 0 spiro atoms. The van der Waals surface area contributed by atoms with E-state index in [1.54, 1.807) is 30.3 Å². The highest BCUT2D eigenvalue weighted by Gasteiger charge is 2.13. The predicted octanol–water partition coefficient (Wildman–Crippen LogP) is 2.63. The highest BCUT2D eigenvalue weighted by molar-refractivity contribution is 6.01. The first-order valence-electron chi connectivity index (χ1n) is 6.92. The SMILES string of the molecule is COC(=O)c1ccccc1NC(=O)CCc1ccccc1N. The van der Waals surface area contributed by atoms with Gasteiger partial charge in [-0.05, 0) is 30.2 Å². The van der Waals surface area contributed by atoms with E-state index in [1.165, 1.54) is 7.11 Å². The number of hydrogen-bond acceptors (Lipinski definition) is 4. The summed E-state index contributed by atoms with van der Waals surface area (Å²) in [6, 6.07) is 14.2. The lowest BCUT2D eigenvalue weighted by molar-refractivity contribution is -0.116. The molecular formula is C17H18N2O3. The van der Waals surface area contributed by atoms with Crippen molar-refractivity contribution in [3.05, 3.63) is 59.7 Å². The first kappa shape index (κ1) is 15.6. The van der Waals surface area contributed by atoms with Gasteiger partial charge in [-0.15, -0.1) is 0 Å². The van der Waals surface area contributed by atoms with Gasteiger partial charge in [-0.3, -0.25) is 4.79 Å². The zero-order chi connectivity index (χ0) is 15.9. The molecule has 0 aromatic heterocycles. The van der Waals surface area contributed by atoms with Gasteiger partial charge in [-0.2, -0.15) is 0 Å². The first-order chi connectivity index (χ1) is 10.6. The molecule has 0 radical (unpaired) electrons. The van der Waals surface area contributed by atoms with E-state index in [-0.39, 0.29) is 12.3 Å². The maximum Gasteiger partial charge on any atom is 0.339 e. The molecule has 3 N–H and O–H groups in total. The number of esters is 1. The predicted molar refractivity (Wildman–Crippen MR) is 85.6 cm³/mol. The molecule has 0 aliphatic rings.